The molecule has 1 fully saturated rings. The van der Waals surface area contributed by atoms with Gasteiger partial charge in [-0.15, -0.1) is 0 Å². The predicted molar refractivity (Wildman–Crippen MR) is 82.9 cm³/mol. The lowest BCUT2D eigenvalue weighted by Gasteiger charge is -2.29. The number of carbonyl (C=O) groups is 2. The molecule has 0 radical (unpaired) electrons. The second-order valence-corrected chi connectivity index (χ2v) is 5.82. The van der Waals surface area contributed by atoms with Crippen molar-refractivity contribution >= 4 is 17.6 Å². The molecule has 0 aromatic heterocycles. The van der Waals surface area contributed by atoms with Gasteiger partial charge in [0.15, 0.2) is 6.61 Å². The molecule has 1 aliphatic carbocycles. The third kappa shape index (κ3) is 4.77. The van der Waals surface area contributed by atoms with Gasteiger partial charge >= 0.3 is 5.97 Å². The molecule has 0 saturated heterocycles. The Morgan fingerprint density at radius 3 is 2.78 bits per heavy atom. The molecule has 0 spiro atoms. The van der Waals surface area contributed by atoms with Crippen LogP contribution >= 0.6 is 0 Å². The number of nitro groups is 1. The van der Waals surface area contributed by atoms with Crippen molar-refractivity contribution < 1.29 is 19.2 Å². The highest BCUT2D eigenvalue weighted by atomic mass is 16.6. The number of nitrogens with one attached hydrogen (secondary N) is 1. The second kappa shape index (κ2) is 7.71. The molecule has 1 amide bonds. The highest BCUT2D eigenvalue weighted by molar-refractivity contribution is 5.91. The highest BCUT2D eigenvalue weighted by Crippen LogP contribution is 2.23. The molecule has 1 aromatic carbocycles. The van der Waals surface area contributed by atoms with E-state index in [9.17, 15) is 19.7 Å². The Labute approximate surface area is 134 Å². The summed E-state index contributed by atoms with van der Waals surface area (Å²) in [7, 11) is 0. The van der Waals surface area contributed by atoms with Crippen LogP contribution in [0.3, 0.4) is 0 Å². The Kier molecular flexibility index (Phi) is 5.67. The summed E-state index contributed by atoms with van der Waals surface area (Å²) >= 11 is 0. The van der Waals surface area contributed by atoms with Gasteiger partial charge in [-0.2, -0.15) is 0 Å². The lowest BCUT2D eigenvalue weighted by Crippen LogP contribution is -2.42. The number of rotatable bonds is 5. The first-order valence-corrected chi connectivity index (χ1v) is 7.68. The van der Waals surface area contributed by atoms with E-state index in [1.807, 2.05) is 0 Å². The average molecular weight is 320 g/mol. The molecular weight excluding hydrogens is 300 g/mol. The van der Waals surface area contributed by atoms with Gasteiger partial charge in [-0.25, -0.2) is 4.79 Å². The van der Waals surface area contributed by atoms with Crippen LogP contribution in [0.4, 0.5) is 5.69 Å². The average Bonchev–Trinajstić information content (AvgIpc) is 2.55. The van der Waals surface area contributed by atoms with Gasteiger partial charge in [-0.3, -0.25) is 14.9 Å². The van der Waals surface area contributed by atoms with Crippen molar-refractivity contribution in [2.75, 3.05) is 6.61 Å². The third-order valence-corrected chi connectivity index (χ3v) is 4.08. The van der Waals surface area contributed by atoms with Gasteiger partial charge < -0.3 is 10.1 Å². The van der Waals surface area contributed by atoms with E-state index in [0.717, 1.165) is 25.3 Å². The number of esters is 1. The Morgan fingerprint density at radius 2 is 2.09 bits per heavy atom. The Hall–Kier alpha value is -2.44. The normalized spacial score (nSPS) is 20.6. The van der Waals surface area contributed by atoms with Crippen LogP contribution in [0, 0.1) is 16.0 Å². The highest BCUT2D eigenvalue weighted by Gasteiger charge is 2.23. The fraction of sp³-hybridized carbons (Fsp3) is 0.500. The van der Waals surface area contributed by atoms with Gasteiger partial charge in [0.1, 0.15) is 0 Å². The number of non-ortho nitro benzene ring substituents is 1. The monoisotopic (exact) mass is 320 g/mol. The first-order valence-electron chi connectivity index (χ1n) is 7.68. The molecule has 124 valence electrons. The van der Waals surface area contributed by atoms with Crippen LogP contribution in [0.15, 0.2) is 24.3 Å². The number of amides is 1. The number of nitro benzene ring substituents is 1. The van der Waals surface area contributed by atoms with Crippen LogP contribution in [0.2, 0.25) is 0 Å². The summed E-state index contributed by atoms with van der Waals surface area (Å²) in [5.41, 5.74) is -0.141. The summed E-state index contributed by atoms with van der Waals surface area (Å²) in [5, 5.41) is 13.6. The molecule has 2 atom stereocenters. The minimum atomic E-state index is -0.749. The van der Waals surface area contributed by atoms with E-state index < -0.39 is 10.9 Å². The molecule has 0 bridgehead atoms. The standard InChI is InChI=1S/C16H20N2O5/c1-11-5-2-3-8-14(11)17-15(19)10-23-16(20)12-6-4-7-13(9-12)18(21)22/h4,6-7,9,11,14H,2-3,5,8,10H2,1H3,(H,17,19)/t11-,14-/m1/s1. The van der Waals surface area contributed by atoms with E-state index in [1.54, 1.807) is 0 Å². The van der Waals surface area contributed by atoms with Gasteiger partial charge in [0.05, 0.1) is 10.5 Å². The topological polar surface area (TPSA) is 98.5 Å². The zero-order chi connectivity index (χ0) is 16.8. The maximum Gasteiger partial charge on any atom is 0.338 e. The first kappa shape index (κ1) is 16.9. The molecule has 2 rings (SSSR count). The van der Waals surface area contributed by atoms with E-state index >= 15 is 0 Å². The Morgan fingerprint density at radius 1 is 1.35 bits per heavy atom. The van der Waals surface area contributed by atoms with Crippen LogP contribution in [0.1, 0.15) is 43.0 Å². The Bertz CT molecular complexity index is 602. The molecule has 7 nitrogen and oxygen atoms in total. The lowest BCUT2D eigenvalue weighted by atomic mass is 9.86. The maximum atomic E-state index is 11.9. The summed E-state index contributed by atoms with van der Waals surface area (Å²) in [6.45, 7) is 1.71. The van der Waals surface area contributed by atoms with Crippen LogP contribution in [-0.4, -0.2) is 29.4 Å². The largest absolute Gasteiger partial charge is 0.452 e. The molecule has 23 heavy (non-hydrogen) atoms. The van der Waals surface area contributed by atoms with Gasteiger partial charge in [0.2, 0.25) is 0 Å². The van der Waals surface area contributed by atoms with E-state index in [1.165, 1.54) is 24.6 Å². The number of carbonyl (C=O) groups excluding carboxylic acids is 2. The summed E-state index contributed by atoms with van der Waals surface area (Å²) < 4.78 is 4.93. The molecule has 1 saturated carbocycles. The van der Waals surface area contributed by atoms with Crippen molar-refractivity contribution in [2.24, 2.45) is 5.92 Å². The molecule has 0 aliphatic heterocycles. The first-order chi connectivity index (χ1) is 11.0. The number of hydrogen-bond acceptors (Lipinski definition) is 5. The molecule has 1 N–H and O–H groups in total. The van der Waals surface area contributed by atoms with E-state index in [4.69, 9.17) is 4.74 Å². The summed E-state index contributed by atoms with van der Waals surface area (Å²) in [5.74, 6) is -0.678. The van der Waals surface area contributed by atoms with Crippen molar-refractivity contribution in [3.05, 3.63) is 39.9 Å². The van der Waals surface area contributed by atoms with Crippen LogP contribution in [0.25, 0.3) is 0 Å². The molecule has 1 aliphatic rings. The van der Waals surface area contributed by atoms with Crippen molar-refractivity contribution in [3.8, 4) is 0 Å². The second-order valence-electron chi connectivity index (χ2n) is 5.82. The Balaban J connectivity index is 1.85. The molecule has 7 heteroatoms. The fourth-order valence-corrected chi connectivity index (χ4v) is 2.74. The number of ether oxygens (including phenoxy) is 1. The van der Waals surface area contributed by atoms with Gasteiger partial charge in [0, 0.05) is 18.2 Å². The molecular formula is C16H20N2O5. The quantitative estimate of drug-likeness (QED) is 0.510. The third-order valence-electron chi connectivity index (χ3n) is 4.08. The lowest BCUT2D eigenvalue weighted by molar-refractivity contribution is -0.384. The number of benzene rings is 1. The molecule has 0 heterocycles. The fourth-order valence-electron chi connectivity index (χ4n) is 2.74. The summed E-state index contributed by atoms with van der Waals surface area (Å²) in [6.07, 6.45) is 4.28. The maximum absolute atomic E-state index is 11.9. The number of nitrogens with zero attached hydrogens (tertiary/aromatic N) is 1. The van der Waals surface area contributed by atoms with Crippen LogP contribution in [-0.2, 0) is 9.53 Å². The van der Waals surface area contributed by atoms with Crippen molar-refractivity contribution in [1.29, 1.82) is 0 Å². The predicted octanol–water partition coefficient (Wildman–Crippen LogP) is 2.45. The number of hydrogen-bond donors (Lipinski definition) is 1. The van der Waals surface area contributed by atoms with E-state index in [-0.39, 0.29) is 29.8 Å². The van der Waals surface area contributed by atoms with Gasteiger partial charge in [-0.05, 0) is 24.8 Å². The SMILES string of the molecule is C[C@@H]1CCCC[C@H]1NC(=O)COC(=O)c1cccc([N+](=O)[O-])c1. The smallest absolute Gasteiger partial charge is 0.338 e. The van der Waals surface area contributed by atoms with Crippen LogP contribution in [0.5, 0.6) is 0 Å². The van der Waals surface area contributed by atoms with Gasteiger partial charge in [0.25, 0.3) is 11.6 Å². The summed E-state index contributed by atoms with van der Waals surface area (Å²) in [4.78, 5) is 33.8. The van der Waals surface area contributed by atoms with Crippen molar-refractivity contribution in [3.63, 3.8) is 0 Å². The van der Waals surface area contributed by atoms with Crippen LogP contribution < -0.4 is 5.32 Å². The van der Waals surface area contributed by atoms with Gasteiger partial charge in [-0.1, -0.05) is 25.8 Å². The minimum Gasteiger partial charge on any atom is -0.452 e. The summed E-state index contributed by atoms with van der Waals surface area (Å²) in [6, 6.07) is 5.35. The zero-order valence-corrected chi connectivity index (χ0v) is 13.0. The zero-order valence-electron chi connectivity index (χ0n) is 13.0. The van der Waals surface area contributed by atoms with Crippen molar-refractivity contribution in [1.82, 2.24) is 5.32 Å². The van der Waals surface area contributed by atoms with E-state index in [2.05, 4.69) is 12.2 Å². The van der Waals surface area contributed by atoms with Crippen molar-refractivity contribution in [2.45, 2.75) is 38.6 Å². The minimum absolute atomic E-state index is 0.0537. The molecule has 0 unspecified atom stereocenters. The molecule has 1 aromatic rings. The van der Waals surface area contributed by atoms with E-state index in [0.29, 0.717) is 5.92 Å².